The zero-order valence-corrected chi connectivity index (χ0v) is 11.4. The lowest BCUT2D eigenvalue weighted by Gasteiger charge is -2.36. The average Bonchev–Trinajstić information content (AvgIpc) is 2.94. The molecule has 0 radical (unpaired) electrons. The maximum atomic E-state index is 5.57. The van der Waals surface area contributed by atoms with Gasteiger partial charge in [-0.05, 0) is 12.8 Å². The number of morpholine rings is 1. The van der Waals surface area contributed by atoms with Crippen molar-refractivity contribution in [3.8, 4) is 0 Å². The van der Waals surface area contributed by atoms with E-state index in [0.717, 1.165) is 44.1 Å². The third-order valence-electron chi connectivity index (χ3n) is 3.64. The van der Waals surface area contributed by atoms with E-state index in [0.29, 0.717) is 11.8 Å². The molecule has 6 nitrogen and oxygen atoms in total. The molecule has 1 aliphatic heterocycles. The molecule has 0 saturated carbocycles. The first kappa shape index (κ1) is 12.3. The predicted molar refractivity (Wildman–Crippen MR) is 72.4 cm³/mol. The molecule has 0 aromatic carbocycles. The summed E-state index contributed by atoms with van der Waals surface area (Å²) in [6, 6.07) is 2.52. The second-order valence-corrected chi connectivity index (χ2v) is 4.76. The van der Waals surface area contributed by atoms with Gasteiger partial charge in [-0.1, -0.05) is 13.8 Å². The SMILES string of the molecule is CCc1cc(N2CCOCC2CC)n2ncnc2n1. The summed E-state index contributed by atoms with van der Waals surface area (Å²) in [6.07, 6.45) is 3.52. The van der Waals surface area contributed by atoms with Gasteiger partial charge < -0.3 is 9.64 Å². The van der Waals surface area contributed by atoms with Gasteiger partial charge in [0.25, 0.3) is 5.78 Å². The van der Waals surface area contributed by atoms with Crippen LogP contribution in [0.25, 0.3) is 5.78 Å². The molecule has 6 heteroatoms. The second kappa shape index (κ2) is 5.13. The van der Waals surface area contributed by atoms with Gasteiger partial charge >= 0.3 is 0 Å². The quantitative estimate of drug-likeness (QED) is 0.833. The summed E-state index contributed by atoms with van der Waals surface area (Å²) in [7, 11) is 0. The number of aryl methyl sites for hydroxylation is 1. The van der Waals surface area contributed by atoms with E-state index in [1.807, 2.05) is 4.52 Å². The average molecular weight is 261 g/mol. The van der Waals surface area contributed by atoms with E-state index >= 15 is 0 Å². The number of rotatable bonds is 3. The monoisotopic (exact) mass is 261 g/mol. The minimum atomic E-state index is 0.397. The van der Waals surface area contributed by atoms with Crippen LogP contribution in [0.3, 0.4) is 0 Å². The maximum absolute atomic E-state index is 5.57. The van der Waals surface area contributed by atoms with Crippen molar-refractivity contribution in [2.75, 3.05) is 24.7 Å². The Morgan fingerprint density at radius 2 is 2.32 bits per heavy atom. The van der Waals surface area contributed by atoms with Gasteiger partial charge in [-0.25, -0.2) is 4.98 Å². The van der Waals surface area contributed by atoms with Crippen LogP contribution in [-0.2, 0) is 11.2 Å². The number of anilines is 1. The van der Waals surface area contributed by atoms with E-state index in [-0.39, 0.29) is 0 Å². The molecule has 0 spiro atoms. The van der Waals surface area contributed by atoms with Crippen LogP contribution >= 0.6 is 0 Å². The molecule has 1 saturated heterocycles. The molecule has 3 heterocycles. The van der Waals surface area contributed by atoms with E-state index in [1.165, 1.54) is 0 Å². The summed E-state index contributed by atoms with van der Waals surface area (Å²) in [5.41, 5.74) is 1.05. The number of hydrogen-bond acceptors (Lipinski definition) is 5. The van der Waals surface area contributed by atoms with Gasteiger partial charge in [-0.2, -0.15) is 14.6 Å². The Hall–Kier alpha value is -1.69. The molecule has 1 aliphatic rings. The summed E-state index contributed by atoms with van der Waals surface area (Å²) in [4.78, 5) is 11.1. The molecule has 1 fully saturated rings. The third kappa shape index (κ3) is 2.16. The van der Waals surface area contributed by atoms with Crippen LogP contribution < -0.4 is 4.90 Å². The van der Waals surface area contributed by atoms with E-state index in [1.54, 1.807) is 6.33 Å². The number of nitrogens with zero attached hydrogens (tertiary/aromatic N) is 5. The lowest BCUT2D eigenvalue weighted by atomic mass is 10.1. The zero-order valence-electron chi connectivity index (χ0n) is 11.4. The summed E-state index contributed by atoms with van der Waals surface area (Å²) in [5.74, 6) is 1.75. The minimum absolute atomic E-state index is 0.397. The Morgan fingerprint density at radius 1 is 1.42 bits per heavy atom. The smallest absolute Gasteiger partial charge is 0.254 e. The van der Waals surface area contributed by atoms with Crippen LogP contribution in [0.4, 0.5) is 5.82 Å². The predicted octanol–water partition coefficient (Wildman–Crippen LogP) is 1.30. The molecule has 1 atom stereocenters. The first-order valence-electron chi connectivity index (χ1n) is 6.87. The molecule has 0 N–H and O–H groups in total. The lowest BCUT2D eigenvalue weighted by Crippen LogP contribution is -2.46. The molecule has 2 aromatic heterocycles. The van der Waals surface area contributed by atoms with E-state index in [9.17, 15) is 0 Å². The van der Waals surface area contributed by atoms with Crippen molar-refractivity contribution in [3.63, 3.8) is 0 Å². The molecule has 3 rings (SSSR count). The van der Waals surface area contributed by atoms with Crippen molar-refractivity contribution in [2.45, 2.75) is 32.7 Å². The molecule has 0 bridgehead atoms. The van der Waals surface area contributed by atoms with Crippen LogP contribution in [0.1, 0.15) is 26.0 Å². The summed E-state index contributed by atoms with van der Waals surface area (Å²) in [6.45, 7) is 6.72. The van der Waals surface area contributed by atoms with Crippen molar-refractivity contribution in [3.05, 3.63) is 18.1 Å². The normalized spacial score (nSPS) is 20.1. The van der Waals surface area contributed by atoms with Crippen molar-refractivity contribution < 1.29 is 4.74 Å². The van der Waals surface area contributed by atoms with Crippen LogP contribution in [0.5, 0.6) is 0 Å². The van der Waals surface area contributed by atoms with Crippen molar-refractivity contribution >= 4 is 11.6 Å². The Kier molecular flexibility index (Phi) is 3.33. The van der Waals surface area contributed by atoms with Crippen LogP contribution in [0, 0.1) is 0 Å². The highest BCUT2D eigenvalue weighted by molar-refractivity contribution is 5.48. The van der Waals surface area contributed by atoms with Gasteiger partial charge in [0.1, 0.15) is 12.1 Å². The second-order valence-electron chi connectivity index (χ2n) is 4.76. The molecule has 1 unspecified atom stereocenters. The van der Waals surface area contributed by atoms with Crippen molar-refractivity contribution in [1.82, 2.24) is 19.6 Å². The Balaban J connectivity index is 2.08. The summed E-state index contributed by atoms with van der Waals surface area (Å²) < 4.78 is 7.40. The van der Waals surface area contributed by atoms with Gasteiger partial charge in [0.2, 0.25) is 0 Å². The minimum Gasteiger partial charge on any atom is -0.377 e. The third-order valence-corrected chi connectivity index (χ3v) is 3.64. The molecule has 2 aromatic rings. The molecular formula is C13H19N5O. The standard InChI is InChI=1S/C13H19N5O/c1-3-10-7-12(18-13(16-10)14-9-15-18)17-5-6-19-8-11(17)4-2/h7,9,11H,3-6,8H2,1-2H3. The Bertz CT molecular complexity index is 567. The lowest BCUT2D eigenvalue weighted by molar-refractivity contribution is 0.0923. The van der Waals surface area contributed by atoms with E-state index in [4.69, 9.17) is 4.74 Å². The zero-order chi connectivity index (χ0) is 13.2. The van der Waals surface area contributed by atoms with Gasteiger partial charge in [-0.3, -0.25) is 0 Å². The fraction of sp³-hybridized carbons (Fsp3) is 0.615. The van der Waals surface area contributed by atoms with Crippen LogP contribution in [-0.4, -0.2) is 45.4 Å². The van der Waals surface area contributed by atoms with Gasteiger partial charge in [0.15, 0.2) is 0 Å². The highest BCUT2D eigenvalue weighted by atomic mass is 16.5. The molecule has 0 amide bonds. The molecule has 0 aliphatic carbocycles. The van der Waals surface area contributed by atoms with Crippen molar-refractivity contribution in [1.29, 1.82) is 0 Å². The van der Waals surface area contributed by atoms with Gasteiger partial charge in [-0.15, -0.1) is 0 Å². The summed E-state index contributed by atoms with van der Waals surface area (Å²) in [5, 5.41) is 4.30. The van der Waals surface area contributed by atoms with E-state index in [2.05, 4.69) is 39.9 Å². The number of aromatic nitrogens is 4. The maximum Gasteiger partial charge on any atom is 0.254 e. The summed E-state index contributed by atoms with van der Waals surface area (Å²) >= 11 is 0. The first-order chi connectivity index (χ1) is 9.33. The largest absolute Gasteiger partial charge is 0.377 e. The Morgan fingerprint density at radius 3 is 3.11 bits per heavy atom. The highest BCUT2D eigenvalue weighted by Gasteiger charge is 2.24. The number of hydrogen-bond donors (Lipinski definition) is 0. The topological polar surface area (TPSA) is 55.6 Å². The van der Waals surface area contributed by atoms with Crippen LogP contribution in [0.2, 0.25) is 0 Å². The van der Waals surface area contributed by atoms with Crippen LogP contribution in [0.15, 0.2) is 12.4 Å². The molecule has 19 heavy (non-hydrogen) atoms. The first-order valence-corrected chi connectivity index (χ1v) is 6.87. The van der Waals surface area contributed by atoms with Gasteiger partial charge in [0.05, 0.1) is 19.3 Å². The molecular weight excluding hydrogens is 242 g/mol. The van der Waals surface area contributed by atoms with Crippen molar-refractivity contribution in [2.24, 2.45) is 0 Å². The number of fused-ring (bicyclic) bond motifs is 1. The molecule has 102 valence electrons. The highest BCUT2D eigenvalue weighted by Crippen LogP contribution is 2.22. The fourth-order valence-corrected chi connectivity index (χ4v) is 2.52. The Labute approximate surface area is 112 Å². The number of ether oxygens (including phenoxy) is 1. The van der Waals surface area contributed by atoms with E-state index < -0.39 is 0 Å². The fourth-order valence-electron chi connectivity index (χ4n) is 2.52. The van der Waals surface area contributed by atoms with Gasteiger partial charge in [0, 0.05) is 18.3 Å².